The first kappa shape index (κ1) is 15.2. The highest BCUT2D eigenvalue weighted by molar-refractivity contribution is 5.99. The van der Waals surface area contributed by atoms with Gasteiger partial charge >= 0.3 is 0 Å². The maximum absolute atomic E-state index is 12.8. The van der Waals surface area contributed by atoms with E-state index >= 15 is 0 Å². The molecule has 2 unspecified atom stereocenters. The summed E-state index contributed by atoms with van der Waals surface area (Å²) in [6, 6.07) is 7.23. The third-order valence-corrected chi connectivity index (χ3v) is 6.31. The van der Waals surface area contributed by atoms with Gasteiger partial charge in [0.25, 0.3) is 0 Å². The minimum atomic E-state index is -0.0485. The number of hydrogen-bond acceptors (Lipinski definition) is 2. The molecule has 4 nitrogen and oxygen atoms in total. The average molecular weight is 335 g/mol. The quantitative estimate of drug-likeness (QED) is 0.886. The number of benzene rings is 1. The van der Waals surface area contributed by atoms with Gasteiger partial charge in [-0.3, -0.25) is 9.69 Å². The molecular formula is C21H25N3O. The van der Waals surface area contributed by atoms with Crippen molar-refractivity contribution in [1.82, 2.24) is 15.2 Å². The molecule has 1 aromatic carbocycles. The average Bonchev–Trinajstić information content (AvgIpc) is 3.27. The number of likely N-dealkylation sites (N-methyl/N-ethyl adjacent to an activating group) is 1. The highest BCUT2D eigenvalue weighted by Crippen LogP contribution is 2.40. The maximum Gasteiger partial charge on any atom is 0.228 e. The van der Waals surface area contributed by atoms with Crippen LogP contribution >= 0.6 is 0 Å². The largest absolute Gasteiger partial charge is 0.361 e. The lowest BCUT2D eigenvalue weighted by Crippen LogP contribution is -2.47. The Morgan fingerprint density at radius 2 is 2.12 bits per heavy atom. The second-order valence-electron chi connectivity index (χ2n) is 7.92. The minimum absolute atomic E-state index is 0.0485. The van der Waals surface area contributed by atoms with E-state index in [9.17, 15) is 4.79 Å². The molecule has 1 fully saturated rings. The van der Waals surface area contributed by atoms with Gasteiger partial charge in [0, 0.05) is 35.7 Å². The zero-order valence-electron chi connectivity index (χ0n) is 14.7. The summed E-state index contributed by atoms with van der Waals surface area (Å²) in [5, 5.41) is 4.63. The van der Waals surface area contributed by atoms with Crippen molar-refractivity contribution in [2.75, 3.05) is 13.6 Å². The smallest absolute Gasteiger partial charge is 0.228 e. The van der Waals surface area contributed by atoms with Crippen LogP contribution in [0, 0.1) is 5.92 Å². The van der Waals surface area contributed by atoms with Gasteiger partial charge in [-0.05, 0) is 49.1 Å². The van der Waals surface area contributed by atoms with Crippen LogP contribution in [0.3, 0.4) is 0 Å². The van der Waals surface area contributed by atoms with Crippen molar-refractivity contribution in [3.63, 3.8) is 0 Å². The summed E-state index contributed by atoms with van der Waals surface area (Å²) in [5.41, 5.74) is 5.23. The van der Waals surface area contributed by atoms with Gasteiger partial charge in [-0.1, -0.05) is 31.1 Å². The topological polar surface area (TPSA) is 48.1 Å². The normalized spacial score (nSPS) is 26.5. The maximum atomic E-state index is 12.8. The second-order valence-corrected chi connectivity index (χ2v) is 7.92. The van der Waals surface area contributed by atoms with Gasteiger partial charge in [0.05, 0.1) is 5.92 Å². The van der Waals surface area contributed by atoms with Crippen molar-refractivity contribution in [3.05, 3.63) is 41.6 Å². The van der Waals surface area contributed by atoms with Crippen LogP contribution in [0.4, 0.5) is 0 Å². The number of aromatic nitrogens is 1. The SMILES string of the molecule is CN1CC(C(=O)NC2CCCC2)C=C2c3cccc4[nH]cc(c34)CC21. The minimum Gasteiger partial charge on any atom is -0.361 e. The molecule has 5 rings (SSSR count). The molecule has 2 atom stereocenters. The highest BCUT2D eigenvalue weighted by atomic mass is 16.2. The van der Waals surface area contributed by atoms with E-state index in [1.165, 1.54) is 40.4 Å². The Labute approximate surface area is 148 Å². The Kier molecular flexibility index (Phi) is 3.49. The first-order valence-corrected chi connectivity index (χ1v) is 9.52. The van der Waals surface area contributed by atoms with E-state index in [1.54, 1.807) is 0 Å². The van der Waals surface area contributed by atoms with Crippen molar-refractivity contribution in [3.8, 4) is 0 Å². The Morgan fingerprint density at radius 1 is 1.28 bits per heavy atom. The van der Waals surface area contributed by atoms with E-state index in [4.69, 9.17) is 0 Å². The number of nitrogens with one attached hydrogen (secondary N) is 2. The second kappa shape index (κ2) is 5.73. The number of rotatable bonds is 2. The summed E-state index contributed by atoms with van der Waals surface area (Å²) >= 11 is 0. The molecule has 0 spiro atoms. The lowest BCUT2D eigenvalue weighted by molar-refractivity contribution is -0.125. The van der Waals surface area contributed by atoms with Crippen molar-refractivity contribution < 1.29 is 4.79 Å². The number of carbonyl (C=O) groups excluding carboxylic acids is 1. The molecule has 1 amide bonds. The van der Waals surface area contributed by atoms with Crippen LogP contribution in [0.1, 0.15) is 36.8 Å². The van der Waals surface area contributed by atoms with Crippen LogP contribution in [0.15, 0.2) is 30.5 Å². The molecule has 2 aliphatic carbocycles. The number of nitrogens with zero attached hydrogens (tertiary/aromatic N) is 1. The van der Waals surface area contributed by atoms with Gasteiger partial charge < -0.3 is 10.3 Å². The first-order valence-electron chi connectivity index (χ1n) is 9.52. The molecular weight excluding hydrogens is 310 g/mol. The van der Waals surface area contributed by atoms with Crippen LogP contribution in [-0.2, 0) is 11.2 Å². The van der Waals surface area contributed by atoms with Crippen LogP contribution in [-0.4, -0.2) is 41.5 Å². The molecule has 1 aromatic heterocycles. The summed E-state index contributed by atoms with van der Waals surface area (Å²) in [5.74, 6) is 0.157. The Hall–Kier alpha value is -2.07. The summed E-state index contributed by atoms with van der Waals surface area (Å²) in [4.78, 5) is 18.6. The molecule has 1 saturated carbocycles. The van der Waals surface area contributed by atoms with E-state index in [1.807, 2.05) is 0 Å². The molecule has 4 heteroatoms. The number of amides is 1. The van der Waals surface area contributed by atoms with E-state index in [0.29, 0.717) is 12.1 Å². The number of hydrogen-bond donors (Lipinski definition) is 2. The van der Waals surface area contributed by atoms with Gasteiger partial charge in [0.1, 0.15) is 0 Å². The molecule has 0 saturated heterocycles. The van der Waals surface area contributed by atoms with Gasteiger partial charge in [-0.15, -0.1) is 0 Å². The zero-order valence-corrected chi connectivity index (χ0v) is 14.7. The fourth-order valence-electron chi connectivity index (χ4n) is 4.99. The van der Waals surface area contributed by atoms with Crippen molar-refractivity contribution in [2.45, 2.75) is 44.2 Å². The third kappa shape index (κ3) is 2.43. The molecule has 0 radical (unpaired) electrons. The lowest BCUT2D eigenvalue weighted by atomic mass is 9.80. The van der Waals surface area contributed by atoms with Crippen LogP contribution in [0.25, 0.3) is 16.5 Å². The highest BCUT2D eigenvalue weighted by Gasteiger charge is 2.36. The Morgan fingerprint density at radius 3 is 2.96 bits per heavy atom. The molecule has 0 bridgehead atoms. The number of aromatic amines is 1. The Bertz CT molecular complexity index is 859. The summed E-state index contributed by atoms with van der Waals surface area (Å²) < 4.78 is 0. The Balaban J connectivity index is 1.51. The third-order valence-electron chi connectivity index (χ3n) is 6.31. The zero-order chi connectivity index (χ0) is 17.0. The molecule has 2 N–H and O–H groups in total. The predicted octanol–water partition coefficient (Wildman–Crippen LogP) is 3.10. The number of carbonyl (C=O) groups is 1. The summed E-state index contributed by atoms with van der Waals surface area (Å²) in [6.45, 7) is 0.808. The fourth-order valence-corrected chi connectivity index (χ4v) is 4.99. The van der Waals surface area contributed by atoms with Crippen LogP contribution < -0.4 is 5.32 Å². The molecule has 2 heterocycles. The standard InChI is InChI=1S/C21H25N3O/c1-24-12-14(21(25)23-15-5-2-3-6-15)9-17-16-7-4-8-18-20(16)13(11-22-18)10-19(17)24/h4,7-9,11,14-15,19,22H,2-3,5-6,10,12H2,1H3,(H,23,25). The fraction of sp³-hybridized carbons (Fsp3) is 0.476. The first-order chi connectivity index (χ1) is 12.2. The van der Waals surface area contributed by atoms with Crippen LogP contribution in [0.5, 0.6) is 0 Å². The monoisotopic (exact) mass is 335 g/mol. The lowest BCUT2D eigenvalue weighted by Gasteiger charge is -2.39. The van der Waals surface area contributed by atoms with Crippen molar-refractivity contribution in [1.29, 1.82) is 0 Å². The molecule has 2 aromatic rings. The molecule has 130 valence electrons. The van der Waals surface area contributed by atoms with Crippen molar-refractivity contribution >= 4 is 22.4 Å². The molecule has 25 heavy (non-hydrogen) atoms. The van der Waals surface area contributed by atoms with Crippen molar-refractivity contribution in [2.24, 2.45) is 5.92 Å². The summed E-state index contributed by atoms with van der Waals surface area (Å²) in [6.07, 6.45) is 10.2. The van der Waals surface area contributed by atoms with E-state index in [-0.39, 0.29) is 11.8 Å². The van der Waals surface area contributed by atoms with E-state index < -0.39 is 0 Å². The van der Waals surface area contributed by atoms with Gasteiger partial charge in [-0.2, -0.15) is 0 Å². The van der Waals surface area contributed by atoms with E-state index in [0.717, 1.165) is 25.8 Å². The molecule has 3 aliphatic rings. The van der Waals surface area contributed by atoms with Gasteiger partial charge in [0.15, 0.2) is 0 Å². The number of fused-ring (bicyclic) bond motifs is 2. The number of H-pyrrole nitrogens is 1. The van der Waals surface area contributed by atoms with Crippen LogP contribution in [0.2, 0.25) is 0 Å². The van der Waals surface area contributed by atoms with Gasteiger partial charge in [0.2, 0.25) is 5.91 Å². The van der Waals surface area contributed by atoms with Gasteiger partial charge in [-0.25, -0.2) is 0 Å². The predicted molar refractivity (Wildman–Crippen MR) is 100 cm³/mol. The van der Waals surface area contributed by atoms with E-state index in [2.05, 4.69) is 52.7 Å². The summed E-state index contributed by atoms with van der Waals surface area (Å²) in [7, 11) is 2.16. The molecule has 1 aliphatic heterocycles.